The van der Waals surface area contributed by atoms with E-state index in [9.17, 15) is 14.0 Å². The van der Waals surface area contributed by atoms with Crippen LogP contribution < -0.4 is 10.6 Å². The van der Waals surface area contributed by atoms with Crippen molar-refractivity contribution >= 4 is 46.3 Å². The summed E-state index contributed by atoms with van der Waals surface area (Å²) in [5.41, 5.74) is 3.88. The van der Waals surface area contributed by atoms with Gasteiger partial charge in [-0.15, -0.1) is 0 Å². The largest absolute Gasteiger partial charge is 0.443 e. The highest BCUT2D eigenvalue weighted by atomic mass is 127. The van der Waals surface area contributed by atoms with Crippen molar-refractivity contribution in [1.82, 2.24) is 4.98 Å². The summed E-state index contributed by atoms with van der Waals surface area (Å²) in [7, 11) is 0. The third-order valence-electron chi connectivity index (χ3n) is 2.30. The molecule has 0 atom stereocenters. The summed E-state index contributed by atoms with van der Waals surface area (Å²) < 4.78 is 24.8. The molecule has 0 aliphatic heterocycles. The molecule has 2 amide bonds. The Bertz CT molecular complexity index is 625. The predicted molar refractivity (Wildman–Crippen MR) is 96.3 cm³/mol. The van der Waals surface area contributed by atoms with Gasteiger partial charge in [-0.05, 0) is 64.1 Å². The molecule has 0 aliphatic rings. The van der Waals surface area contributed by atoms with Gasteiger partial charge in [0.2, 0.25) is 0 Å². The van der Waals surface area contributed by atoms with E-state index in [0.29, 0.717) is 4.90 Å². The number of amides is 2. The highest BCUT2D eigenvalue weighted by Crippen LogP contribution is 2.26. The number of nitrogen functional groups attached to an aromatic ring is 1. The van der Waals surface area contributed by atoms with Crippen LogP contribution in [0, 0.1) is 9.52 Å². The van der Waals surface area contributed by atoms with Gasteiger partial charge in [-0.1, -0.05) is 0 Å². The van der Waals surface area contributed by atoms with Gasteiger partial charge in [-0.25, -0.2) is 19.0 Å². The van der Waals surface area contributed by atoms with E-state index in [0.717, 1.165) is 6.07 Å². The molecule has 0 aromatic carbocycles. The van der Waals surface area contributed by atoms with Crippen LogP contribution in [0.1, 0.15) is 41.5 Å². The Hall–Kier alpha value is -1.65. The smallest absolute Gasteiger partial charge is 0.425 e. The van der Waals surface area contributed by atoms with Crippen LogP contribution in [0.15, 0.2) is 6.07 Å². The minimum atomic E-state index is -1.09. The van der Waals surface area contributed by atoms with E-state index < -0.39 is 35.0 Å². The number of carbonyl (C=O) groups excluding carboxylic acids is 2. The number of carbonyl (C=O) groups is 2. The number of imide groups is 1. The number of anilines is 2. The molecule has 0 fully saturated rings. The molecule has 24 heavy (non-hydrogen) atoms. The average Bonchev–Trinajstić information content (AvgIpc) is 2.31. The quantitative estimate of drug-likeness (QED) is 0.509. The Morgan fingerprint density at radius 1 is 1.12 bits per heavy atom. The fourth-order valence-electron chi connectivity index (χ4n) is 1.49. The van der Waals surface area contributed by atoms with E-state index >= 15 is 0 Å². The summed E-state index contributed by atoms with van der Waals surface area (Å²) in [5, 5.41) is 0. The summed E-state index contributed by atoms with van der Waals surface area (Å²) in [6.45, 7) is 9.72. The fraction of sp³-hybridized carbons (Fsp3) is 0.533. The SMILES string of the molecule is CC(C)(C)OC(=O)N(C(=O)OC(C)(C)C)c1nc(I)c(N)cc1F. The number of nitrogens with zero attached hydrogens (tertiary/aromatic N) is 2. The second kappa shape index (κ2) is 7.08. The lowest BCUT2D eigenvalue weighted by molar-refractivity contribution is 0.0427. The van der Waals surface area contributed by atoms with E-state index in [1.165, 1.54) is 0 Å². The van der Waals surface area contributed by atoms with E-state index in [4.69, 9.17) is 15.2 Å². The van der Waals surface area contributed by atoms with Gasteiger partial charge in [0.15, 0.2) is 11.6 Å². The van der Waals surface area contributed by atoms with Gasteiger partial charge in [0.1, 0.15) is 14.9 Å². The third kappa shape index (κ3) is 5.77. The molecule has 9 heteroatoms. The van der Waals surface area contributed by atoms with Crippen molar-refractivity contribution in [1.29, 1.82) is 0 Å². The van der Waals surface area contributed by atoms with E-state index in [2.05, 4.69) is 4.98 Å². The van der Waals surface area contributed by atoms with Crippen LogP contribution in [0.3, 0.4) is 0 Å². The second-order valence-electron chi connectivity index (χ2n) is 6.97. The second-order valence-corrected chi connectivity index (χ2v) is 7.99. The zero-order valence-corrected chi connectivity index (χ0v) is 16.6. The molecule has 134 valence electrons. The molecule has 2 N–H and O–H groups in total. The van der Waals surface area contributed by atoms with Gasteiger partial charge < -0.3 is 15.2 Å². The predicted octanol–water partition coefficient (Wildman–Crippen LogP) is 4.08. The van der Waals surface area contributed by atoms with Crippen LogP contribution in [0.25, 0.3) is 0 Å². The zero-order valence-electron chi connectivity index (χ0n) is 14.4. The van der Waals surface area contributed by atoms with Crippen molar-refractivity contribution in [2.24, 2.45) is 0 Å². The van der Waals surface area contributed by atoms with E-state index in [1.807, 2.05) is 0 Å². The van der Waals surface area contributed by atoms with Crippen LogP contribution >= 0.6 is 22.6 Å². The van der Waals surface area contributed by atoms with Gasteiger partial charge >= 0.3 is 12.2 Å². The maximum absolute atomic E-state index is 14.3. The van der Waals surface area contributed by atoms with Crippen LogP contribution in [-0.4, -0.2) is 28.4 Å². The minimum absolute atomic E-state index is 0.0881. The van der Waals surface area contributed by atoms with E-state index in [1.54, 1.807) is 64.1 Å². The van der Waals surface area contributed by atoms with Gasteiger partial charge in [0, 0.05) is 6.07 Å². The Balaban J connectivity index is 3.36. The lowest BCUT2D eigenvalue weighted by Gasteiger charge is -2.28. The maximum Gasteiger partial charge on any atom is 0.425 e. The minimum Gasteiger partial charge on any atom is -0.443 e. The normalized spacial score (nSPS) is 11.8. The summed E-state index contributed by atoms with van der Waals surface area (Å²) in [6.07, 6.45) is -2.19. The Morgan fingerprint density at radius 3 is 1.92 bits per heavy atom. The summed E-state index contributed by atoms with van der Waals surface area (Å²) in [6, 6.07) is 0.978. The fourth-order valence-corrected chi connectivity index (χ4v) is 1.88. The number of rotatable bonds is 1. The number of nitrogens with two attached hydrogens (primary N) is 1. The Kier molecular flexibility index (Phi) is 6.01. The molecule has 0 aliphatic carbocycles. The molecule has 0 saturated heterocycles. The molecular weight excluding hydrogens is 432 g/mol. The van der Waals surface area contributed by atoms with Crippen molar-refractivity contribution in [2.75, 3.05) is 10.6 Å². The molecule has 0 unspecified atom stereocenters. The first kappa shape index (κ1) is 20.4. The first-order chi connectivity index (χ1) is 10.7. The first-order valence-corrected chi connectivity index (χ1v) is 8.17. The number of aromatic nitrogens is 1. The monoisotopic (exact) mass is 453 g/mol. The number of pyridine rings is 1. The van der Waals surface area contributed by atoms with E-state index in [-0.39, 0.29) is 9.39 Å². The van der Waals surface area contributed by atoms with Gasteiger partial charge in [0.25, 0.3) is 0 Å². The van der Waals surface area contributed by atoms with Crippen LogP contribution in [0.5, 0.6) is 0 Å². The zero-order chi connectivity index (χ0) is 18.9. The summed E-state index contributed by atoms with van der Waals surface area (Å²) in [4.78, 5) is 29.1. The lowest BCUT2D eigenvalue weighted by atomic mass is 10.2. The van der Waals surface area contributed by atoms with Gasteiger partial charge in [-0.3, -0.25) is 0 Å². The van der Waals surface area contributed by atoms with Crippen LogP contribution in [-0.2, 0) is 9.47 Å². The highest BCUT2D eigenvalue weighted by Gasteiger charge is 2.35. The first-order valence-electron chi connectivity index (χ1n) is 7.09. The molecule has 0 radical (unpaired) electrons. The van der Waals surface area contributed by atoms with Crippen molar-refractivity contribution in [2.45, 2.75) is 52.7 Å². The molecule has 1 heterocycles. The van der Waals surface area contributed by atoms with Crippen molar-refractivity contribution in [3.63, 3.8) is 0 Å². The Morgan fingerprint density at radius 2 is 1.54 bits per heavy atom. The maximum atomic E-state index is 14.3. The molecule has 1 aromatic heterocycles. The van der Waals surface area contributed by atoms with Crippen LogP contribution in [0.4, 0.5) is 25.5 Å². The third-order valence-corrected chi connectivity index (χ3v) is 3.17. The van der Waals surface area contributed by atoms with Crippen molar-refractivity contribution < 1.29 is 23.5 Å². The number of ether oxygens (including phenoxy) is 2. The summed E-state index contributed by atoms with van der Waals surface area (Å²) >= 11 is 1.77. The number of hydrogen-bond acceptors (Lipinski definition) is 6. The molecule has 0 spiro atoms. The lowest BCUT2D eigenvalue weighted by Crippen LogP contribution is -2.44. The summed E-state index contributed by atoms with van der Waals surface area (Å²) in [5.74, 6) is -1.47. The Labute approximate surface area is 153 Å². The van der Waals surface area contributed by atoms with Gasteiger partial charge in [-0.2, -0.15) is 4.90 Å². The molecule has 0 saturated carbocycles. The van der Waals surface area contributed by atoms with Gasteiger partial charge in [0.05, 0.1) is 5.69 Å². The number of halogens is 2. The molecule has 1 aromatic rings. The van der Waals surface area contributed by atoms with Crippen molar-refractivity contribution in [3.8, 4) is 0 Å². The van der Waals surface area contributed by atoms with Crippen LogP contribution in [0.2, 0.25) is 0 Å². The molecule has 7 nitrogen and oxygen atoms in total. The molecule has 1 rings (SSSR count). The number of hydrogen-bond donors (Lipinski definition) is 1. The highest BCUT2D eigenvalue weighted by molar-refractivity contribution is 14.1. The topological polar surface area (TPSA) is 94.8 Å². The standard InChI is InChI=1S/C15H21FIN3O4/c1-14(2,3)23-12(21)20(13(22)24-15(4,5)6)11-8(16)7-9(18)10(17)19-11/h7H,18H2,1-6H3. The average molecular weight is 453 g/mol. The van der Waals surface area contributed by atoms with Crippen molar-refractivity contribution in [3.05, 3.63) is 15.6 Å². The molecular formula is C15H21FIN3O4. The molecule has 0 bridgehead atoms.